The Bertz CT molecular complexity index is 821. The molecule has 0 saturated heterocycles. The third-order valence-electron chi connectivity index (χ3n) is 4.89. The van der Waals surface area contributed by atoms with E-state index in [2.05, 4.69) is 16.0 Å². The molecule has 0 saturated carbocycles. The van der Waals surface area contributed by atoms with Crippen molar-refractivity contribution in [1.82, 2.24) is 16.0 Å². The van der Waals surface area contributed by atoms with Crippen molar-refractivity contribution in [3.05, 3.63) is 0 Å². The Kier molecular flexibility index (Phi) is 15.0. The quantitative estimate of drug-likeness (QED) is 0.0755. The summed E-state index contributed by atoms with van der Waals surface area (Å²) < 4.78 is 0. The first-order valence-electron chi connectivity index (χ1n) is 11.1. The van der Waals surface area contributed by atoms with Crippen LogP contribution in [-0.2, 0) is 33.6 Å². The molecule has 4 amide bonds. The second-order valence-corrected chi connectivity index (χ2v) is 7.95. The van der Waals surface area contributed by atoms with E-state index in [-0.39, 0.29) is 25.8 Å². The highest BCUT2D eigenvalue weighted by Crippen LogP contribution is 2.06. The lowest BCUT2D eigenvalue weighted by atomic mass is 10.0. The molecular weight excluding hydrogens is 484 g/mol. The molecule has 16 nitrogen and oxygen atoms in total. The Balaban J connectivity index is 5.53. The zero-order valence-corrected chi connectivity index (χ0v) is 19.6. The van der Waals surface area contributed by atoms with Gasteiger partial charge in [-0.3, -0.25) is 28.8 Å². The van der Waals surface area contributed by atoms with E-state index in [1.165, 1.54) is 0 Å². The number of amides is 4. The fourth-order valence-corrected chi connectivity index (χ4v) is 2.92. The van der Waals surface area contributed by atoms with E-state index in [0.29, 0.717) is 12.8 Å². The summed E-state index contributed by atoms with van der Waals surface area (Å²) in [5.74, 6) is -7.86. The summed E-state index contributed by atoms with van der Waals surface area (Å²) >= 11 is 0. The minimum atomic E-state index is -1.65. The number of hydrogen-bond acceptors (Lipinski definition) is 9. The van der Waals surface area contributed by atoms with E-state index >= 15 is 0 Å². The van der Waals surface area contributed by atoms with Gasteiger partial charge >= 0.3 is 17.9 Å². The summed E-state index contributed by atoms with van der Waals surface area (Å²) in [5.41, 5.74) is 16.1. The summed E-state index contributed by atoms with van der Waals surface area (Å²) in [6, 6.07) is -5.81. The summed E-state index contributed by atoms with van der Waals surface area (Å²) in [6.45, 7) is 0.263. The number of aliphatic carboxylic acids is 3. The molecule has 0 spiro atoms. The normalized spacial score (nSPS) is 13.9. The number of primary amides is 1. The number of carboxylic acid groups (broad SMARTS) is 3. The smallest absolute Gasteiger partial charge is 0.326 e. The molecule has 0 aliphatic heterocycles. The van der Waals surface area contributed by atoms with E-state index in [1.807, 2.05) is 0 Å². The highest BCUT2D eigenvalue weighted by Gasteiger charge is 2.31. The predicted octanol–water partition coefficient (Wildman–Crippen LogP) is -3.41. The third-order valence-corrected chi connectivity index (χ3v) is 4.89. The molecule has 4 unspecified atom stereocenters. The molecule has 204 valence electrons. The van der Waals surface area contributed by atoms with E-state index in [0.717, 1.165) is 0 Å². The maximum absolute atomic E-state index is 12.8. The number of nitrogens with one attached hydrogen (secondary N) is 3. The monoisotopic (exact) mass is 518 g/mol. The second kappa shape index (κ2) is 16.8. The summed E-state index contributed by atoms with van der Waals surface area (Å²) in [4.78, 5) is 82.0. The third kappa shape index (κ3) is 13.8. The van der Waals surface area contributed by atoms with Crippen LogP contribution in [0.15, 0.2) is 0 Å². The molecule has 0 aromatic heterocycles. The van der Waals surface area contributed by atoms with E-state index in [9.17, 15) is 38.7 Å². The molecule has 0 aliphatic rings. The van der Waals surface area contributed by atoms with Gasteiger partial charge in [-0.05, 0) is 38.6 Å². The molecular formula is C20H34N6O10. The molecule has 0 heterocycles. The Morgan fingerprint density at radius 1 is 0.667 bits per heavy atom. The van der Waals surface area contributed by atoms with Crippen LogP contribution >= 0.6 is 0 Å². The van der Waals surface area contributed by atoms with Crippen LogP contribution in [-0.4, -0.2) is 87.6 Å². The SMILES string of the molecule is NCCCCC(NC(=O)C(CC(=O)O)NC(=O)C(N)CCC(N)=O)C(=O)NC(CCC(=O)O)C(=O)O. The maximum Gasteiger partial charge on any atom is 0.326 e. The van der Waals surface area contributed by atoms with Crippen LogP contribution in [0.1, 0.15) is 51.4 Å². The summed E-state index contributed by atoms with van der Waals surface area (Å²) in [7, 11) is 0. The van der Waals surface area contributed by atoms with Crippen LogP contribution in [0.2, 0.25) is 0 Å². The fraction of sp³-hybridized carbons (Fsp3) is 0.650. The van der Waals surface area contributed by atoms with Gasteiger partial charge in [0.05, 0.1) is 12.5 Å². The van der Waals surface area contributed by atoms with Crippen molar-refractivity contribution in [3.8, 4) is 0 Å². The van der Waals surface area contributed by atoms with Gasteiger partial charge in [0, 0.05) is 12.8 Å². The van der Waals surface area contributed by atoms with Crippen LogP contribution in [0.5, 0.6) is 0 Å². The van der Waals surface area contributed by atoms with Crippen LogP contribution < -0.4 is 33.2 Å². The fourth-order valence-electron chi connectivity index (χ4n) is 2.92. The Hall–Kier alpha value is -3.79. The van der Waals surface area contributed by atoms with Crippen LogP contribution in [0.4, 0.5) is 0 Å². The molecule has 4 atom stereocenters. The lowest BCUT2D eigenvalue weighted by molar-refractivity contribution is -0.144. The number of rotatable bonds is 19. The molecule has 0 rings (SSSR count). The molecule has 0 fully saturated rings. The van der Waals surface area contributed by atoms with Crippen molar-refractivity contribution in [2.24, 2.45) is 17.2 Å². The molecule has 12 N–H and O–H groups in total. The van der Waals surface area contributed by atoms with E-state index in [4.69, 9.17) is 27.4 Å². The van der Waals surface area contributed by atoms with E-state index < -0.39 is 85.0 Å². The lowest BCUT2D eigenvalue weighted by Crippen LogP contribution is -2.57. The van der Waals surface area contributed by atoms with Gasteiger partial charge in [-0.15, -0.1) is 0 Å². The van der Waals surface area contributed by atoms with Crippen molar-refractivity contribution >= 4 is 41.5 Å². The standard InChI is InChI=1S/C20H34N6O10/c21-8-2-1-3-11(18(33)25-12(20(35)36)5-7-15(28)29)24-19(34)13(9-16(30)31)26-17(32)10(22)4-6-14(23)27/h10-13H,1-9,21-22H2,(H2,23,27)(H,24,34)(H,25,33)(H,26,32)(H,28,29)(H,30,31)(H,35,36). The largest absolute Gasteiger partial charge is 0.481 e. The maximum atomic E-state index is 12.8. The number of nitrogens with two attached hydrogens (primary N) is 3. The molecule has 0 aliphatic carbocycles. The Morgan fingerprint density at radius 2 is 1.22 bits per heavy atom. The first kappa shape index (κ1) is 32.2. The summed E-state index contributed by atoms with van der Waals surface area (Å²) in [5, 5.41) is 33.8. The van der Waals surface area contributed by atoms with Crippen molar-refractivity contribution < 1.29 is 48.9 Å². The number of unbranched alkanes of at least 4 members (excludes halogenated alkanes) is 1. The predicted molar refractivity (Wildman–Crippen MR) is 122 cm³/mol. The molecule has 16 heteroatoms. The van der Waals surface area contributed by atoms with Gasteiger partial charge in [-0.1, -0.05) is 0 Å². The summed E-state index contributed by atoms with van der Waals surface area (Å²) in [6.07, 6.45) is -1.43. The Morgan fingerprint density at radius 3 is 1.72 bits per heavy atom. The van der Waals surface area contributed by atoms with Gasteiger partial charge in [0.25, 0.3) is 0 Å². The molecule has 0 bridgehead atoms. The van der Waals surface area contributed by atoms with Crippen molar-refractivity contribution in [2.75, 3.05) is 6.54 Å². The first-order chi connectivity index (χ1) is 16.8. The Labute approximate surface area is 206 Å². The lowest BCUT2D eigenvalue weighted by Gasteiger charge is -2.24. The van der Waals surface area contributed by atoms with Gasteiger partial charge in [0.2, 0.25) is 23.6 Å². The average Bonchev–Trinajstić information content (AvgIpc) is 2.77. The highest BCUT2D eigenvalue weighted by atomic mass is 16.4. The van der Waals surface area contributed by atoms with Crippen LogP contribution in [0.25, 0.3) is 0 Å². The van der Waals surface area contributed by atoms with Crippen molar-refractivity contribution in [1.29, 1.82) is 0 Å². The highest BCUT2D eigenvalue weighted by molar-refractivity contribution is 5.95. The van der Waals surface area contributed by atoms with Gasteiger partial charge < -0.3 is 48.5 Å². The molecule has 0 aromatic carbocycles. The first-order valence-corrected chi connectivity index (χ1v) is 11.1. The van der Waals surface area contributed by atoms with Crippen LogP contribution in [0.3, 0.4) is 0 Å². The molecule has 0 radical (unpaired) electrons. The number of hydrogen-bond donors (Lipinski definition) is 9. The number of carbonyl (C=O) groups excluding carboxylic acids is 4. The van der Waals surface area contributed by atoms with Gasteiger partial charge in [-0.25, -0.2) is 4.79 Å². The van der Waals surface area contributed by atoms with Gasteiger partial charge in [0.15, 0.2) is 0 Å². The zero-order chi connectivity index (χ0) is 27.8. The zero-order valence-electron chi connectivity index (χ0n) is 19.6. The molecule has 0 aromatic rings. The van der Waals surface area contributed by atoms with Gasteiger partial charge in [-0.2, -0.15) is 0 Å². The topological polar surface area (TPSA) is 294 Å². The van der Waals surface area contributed by atoms with E-state index in [1.54, 1.807) is 0 Å². The molecule has 36 heavy (non-hydrogen) atoms. The average molecular weight is 519 g/mol. The van der Waals surface area contributed by atoms with Crippen molar-refractivity contribution in [2.45, 2.75) is 75.5 Å². The minimum Gasteiger partial charge on any atom is -0.481 e. The number of carboxylic acids is 3. The van der Waals surface area contributed by atoms with Crippen molar-refractivity contribution in [3.63, 3.8) is 0 Å². The van der Waals surface area contributed by atoms with Gasteiger partial charge in [0.1, 0.15) is 18.1 Å². The second-order valence-electron chi connectivity index (χ2n) is 7.95. The number of carbonyl (C=O) groups is 7. The van der Waals surface area contributed by atoms with Crippen LogP contribution in [0, 0.1) is 0 Å². The minimum absolute atomic E-state index is 0.00803.